The number of hydrogen-bond acceptors (Lipinski definition) is 4. The zero-order chi connectivity index (χ0) is 15.1. The Kier molecular flexibility index (Phi) is 5.05. The molecule has 0 radical (unpaired) electrons. The van der Waals surface area contributed by atoms with E-state index in [1.165, 1.54) is 0 Å². The lowest BCUT2D eigenvalue weighted by molar-refractivity contribution is 0.395. The molecule has 2 rings (SSSR count). The largest absolute Gasteiger partial charge is 0.497 e. The standard InChI is InChI=1S/C17H18N2O2/c1-20-14-8-9-16(17(12-14)21-2)19-15(10-11-18)13-6-4-3-5-7-13/h3-9,12,15,19H,10H2,1-2H3. The summed E-state index contributed by atoms with van der Waals surface area (Å²) in [6.45, 7) is 0. The number of nitriles is 1. The second-order valence-corrected chi connectivity index (χ2v) is 4.54. The third kappa shape index (κ3) is 3.67. The molecule has 0 spiro atoms. The summed E-state index contributed by atoms with van der Waals surface area (Å²) in [5.41, 5.74) is 1.90. The Hall–Kier alpha value is -2.67. The fraction of sp³-hybridized carbons (Fsp3) is 0.235. The number of rotatable bonds is 6. The topological polar surface area (TPSA) is 54.3 Å². The Balaban J connectivity index is 2.27. The van der Waals surface area contributed by atoms with Crippen molar-refractivity contribution in [3.8, 4) is 17.6 Å². The monoisotopic (exact) mass is 282 g/mol. The molecule has 0 aliphatic heterocycles. The van der Waals surface area contributed by atoms with Gasteiger partial charge in [0, 0.05) is 6.07 Å². The molecule has 0 aliphatic carbocycles. The molecule has 0 bridgehead atoms. The highest BCUT2D eigenvalue weighted by molar-refractivity contribution is 5.60. The maximum absolute atomic E-state index is 9.04. The molecular weight excluding hydrogens is 264 g/mol. The van der Waals surface area contributed by atoms with Crippen LogP contribution in [0.25, 0.3) is 0 Å². The van der Waals surface area contributed by atoms with Gasteiger partial charge in [-0.15, -0.1) is 0 Å². The first-order valence-electron chi connectivity index (χ1n) is 6.69. The lowest BCUT2D eigenvalue weighted by Gasteiger charge is -2.20. The van der Waals surface area contributed by atoms with E-state index in [0.717, 1.165) is 17.0 Å². The molecule has 21 heavy (non-hydrogen) atoms. The summed E-state index contributed by atoms with van der Waals surface area (Å²) in [7, 11) is 3.23. The summed E-state index contributed by atoms with van der Waals surface area (Å²) >= 11 is 0. The van der Waals surface area contributed by atoms with Gasteiger partial charge in [0.15, 0.2) is 0 Å². The van der Waals surface area contributed by atoms with Gasteiger partial charge in [0.25, 0.3) is 0 Å². The Morgan fingerprint density at radius 3 is 2.48 bits per heavy atom. The minimum Gasteiger partial charge on any atom is -0.497 e. The van der Waals surface area contributed by atoms with Crippen molar-refractivity contribution in [2.45, 2.75) is 12.5 Å². The predicted molar refractivity (Wildman–Crippen MR) is 82.6 cm³/mol. The first-order valence-corrected chi connectivity index (χ1v) is 6.69. The van der Waals surface area contributed by atoms with E-state index < -0.39 is 0 Å². The third-order valence-corrected chi connectivity index (χ3v) is 3.24. The van der Waals surface area contributed by atoms with Gasteiger partial charge in [-0.3, -0.25) is 0 Å². The van der Waals surface area contributed by atoms with E-state index in [0.29, 0.717) is 12.2 Å². The molecule has 4 heteroatoms. The Bertz CT molecular complexity index is 620. The molecule has 108 valence electrons. The van der Waals surface area contributed by atoms with Crippen molar-refractivity contribution in [3.05, 3.63) is 54.1 Å². The molecule has 0 aliphatic rings. The van der Waals surface area contributed by atoms with E-state index in [2.05, 4.69) is 11.4 Å². The molecule has 1 N–H and O–H groups in total. The smallest absolute Gasteiger partial charge is 0.145 e. The van der Waals surface area contributed by atoms with Gasteiger partial charge < -0.3 is 14.8 Å². The van der Waals surface area contributed by atoms with Crippen LogP contribution in [0, 0.1) is 11.3 Å². The van der Waals surface area contributed by atoms with Crippen LogP contribution in [0.1, 0.15) is 18.0 Å². The van der Waals surface area contributed by atoms with Crippen LogP contribution in [0.15, 0.2) is 48.5 Å². The lowest BCUT2D eigenvalue weighted by atomic mass is 10.0. The molecule has 0 amide bonds. The van der Waals surface area contributed by atoms with Gasteiger partial charge in [0.2, 0.25) is 0 Å². The van der Waals surface area contributed by atoms with Gasteiger partial charge in [-0.05, 0) is 17.7 Å². The summed E-state index contributed by atoms with van der Waals surface area (Å²) < 4.78 is 10.6. The number of benzene rings is 2. The molecule has 4 nitrogen and oxygen atoms in total. The van der Waals surface area contributed by atoms with E-state index in [4.69, 9.17) is 14.7 Å². The lowest BCUT2D eigenvalue weighted by Crippen LogP contribution is -2.11. The highest BCUT2D eigenvalue weighted by atomic mass is 16.5. The van der Waals surface area contributed by atoms with Crippen molar-refractivity contribution in [3.63, 3.8) is 0 Å². The number of nitrogens with one attached hydrogen (secondary N) is 1. The highest BCUT2D eigenvalue weighted by Gasteiger charge is 2.13. The summed E-state index contributed by atoms with van der Waals surface area (Å²) in [5, 5.41) is 12.4. The zero-order valence-corrected chi connectivity index (χ0v) is 12.2. The predicted octanol–water partition coefficient (Wildman–Crippen LogP) is 3.77. The van der Waals surface area contributed by atoms with Gasteiger partial charge in [-0.25, -0.2) is 0 Å². The molecule has 1 atom stereocenters. The van der Waals surface area contributed by atoms with Crippen molar-refractivity contribution in [1.82, 2.24) is 0 Å². The molecule has 0 fully saturated rings. The molecule has 2 aromatic carbocycles. The first kappa shape index (κ1) is 14.7. The van der Waals surface area contributed by atoms with Gasteiger partial charge >= 0.3 is 0 Å². The number of methoxy groups -OCH3 is 2. The SMILES string of the molecule is COc1ccc(NC(CC#N)c2ccccc2)c(OC)c1. The normalized spacial score (nSPS) is 11.3. The maximum atomic E-state index is 9.04. The Morgan fingerprint density at radius 2 is 1.86 bits per heavy atom. The Morgan fingerprint density at radius 1 is 1.10 bits per heavy atom. The molecule has 0 saturated carbocycles. The van der Waals surface area contributed by atoms with Crippen molar-refractivity contribution in [1.29, 1.82) is 5.26 Å². The van der Waals surface area contributed by atoms with Crippen LogP contribution in [0.2, 0.25) is 0 Å². The van der Waals surface area contributed by atoms with Crippen LogP contribution in [-0.4, -0.2) is 14.2 Å². The quantitative estimate of drug-likeness (QED) is 0.876. The van der Waals surface area contributed by atoms with Crippen LogP contribution < -0.4 is 14.8 Å². The van der Waals surface area contributed by atoms with Crippen molar-refractivity contribution in [2.75, 3.05) is 19.5 Å². The minimum absolute atomic E-state index is 0.0847. The van der Waals surface area contributed by atoms with Gasteiger partial charge in [-0.1, -0.05) is 30.3 Å². The van der Waals surface area contributed by atoms with Crippen LogP contribution in [0.5, 0.6) is 11.5 Å². The van der Waals surface area contributed by atoms with E-state index in [-0.39, 0.29) is 6.04 Å². The number of anilines is 1. The molecule has 2 aromatic rings. The number of hydrogen-bond donors (Lipinski definition) is 1. The minimum atomic E-state index is -0.0847. The van der Waals surface area contributed by atoms with Crippen LogP contribution in [-0.2, 0) is 0 Å². The van der Waals surface area contributed by atoms with E-state index >= 15 is 0 Å². The molecule has 0 saturated heterocycles. The van der Waals surface area contributed by atoms with Gasteiger partial charge in [-0.2, -0.15) is 5.26 Å². The Labute approximate surface area is 124 Å². The average Bonchev–Trinajstić information content (AvgIpc) is 2.55. The summed E-state index contributed by atoms with van der Waals surface area (Å²) in [6, 6.07) is 17.6. The van der Waals surface area contributed by atoms with Crippen molar-refractivity contribution >= 4 is 5.69 Å². The second kappa shape index (κ2) is 7.20. The zero-order valence-electron chi connectivity index (χ0n) is 12.2. The fourth-order valence-electron chi connectivity index (χ4n) is 2.13. The van der Waals surface area contributed by atoms with Crippen molar-refractivity contribution in [2.24, 2.45) is 0 Å². The van der Waals surface area contributed by atoms with Crippen LogP contribution in [0.3, 0.4) is 0 Å². The number of nitrogens with zero attached hydrogens (tertiary/aromatic N) is 1. The highest BCUT2D eigenvalue weighted by Crippen LogP contribution is 2.32. The molecule has 0 aromatic heterocycles. The van der Waals surface area contributed by atoms with Gasteiger partial charge in [0.1, 0.15) is 11.5 Å². The van der Waals surface area contributed by atoms with Crippen LogP contribution in [0.4, 0.5) is 5.69 Å². The molecule has 0 heterocycles. The second-order valence-electron chi connectivity index (χ2n) is 4.54. The first-order chi connectivity index (χ1) is 10.3. The van der Waals surface area contributed by atoms with E-state index in [1.54, 1.807) is 14.2 Å². The fourth-order valence-corrected chi connectivity index (χ4v) is 2.13. The number of ether oxygens (including phenoxy) is 2. The average molecular weight is 282 g/mol. The molecular formula is C17H18N2O2. The summed E-state index contributed by atoms with van der Waals surface area (Å²) in [6.07, 6.45) is 0.374. The van der Waals surface area contributed by atoms with E-state index in [1.807, 2.05) is 48.5 Å². The summed E-state index contributed by atoms with van der Waals surface area (Å²) in [5.74, 6) is 1.42. The van der Waals surface area contributed by atoms with Gasteiger partial charge in [0.05, 0.1) is 38.4 Å². The summed E-state index contributed by atoms with van der Waals surface area (Å²) in [4.78, 5) is 0. The molecule has 1 unspecified atom stereocenters. The van der Waals surface area contributed by atoms with Crippen LogP contribution >= 0.6 is 0 Å². The van der Waals surface area contributed by atoms with E-state index in [9.17, 15) is 0 Å². The van der Waals surface area contributed by atoms with Crippen molar-refractivity contribution < 1.29 is 9.47 Å². The third-order valence-electron chi connectivity index (χ3n) is 3.24. The maximum Gasteiger partial charge on any atom is 0.145 e.